The van der Waals surface area contributed by atoms with Crippen molar-refractivity contribution >= 4 is 11.8 Å². The number of likely N-dealkylation sites (tertiary alicyclic amines) is 1. The Morgan fingerprint density at radius 2 is 1.61 bits per heavy atom. The first-order chi connectivity index (χ1) is 10.2. The first-order valence-corrected chi connectivity index (χ1v) is 8.83. The molecule has 0 aromatic carbocycles. The molecule has 0 spiro atoms. The molecule has 1 atom stereocenters. The summed E-state index contributed by atoms with van der Waals surface area (Å²) in [5, 5.41) is 3.20. The van der Waals surface area contributed by atoms with Crippen LogP contribution in [0, 0.1) is 16.7 Å². The zero-order valence-electron chi connectivity index (χ0n) is 16.4. The number of amides is 2. The molecule has 1 aliphatic heterocycles. The van der Waals surface area contributed by atoms with Crippen LogP contribution < -0.4 is 5.32 Å². The van der Waals surface area contributed by atoms with Gasteiger partial charge >= 0.3 is 0 Å². The molecule has 1 saturated heterocycles. The van der Waals surface area contributed by atoms with Gasteiger partial charge in [-0.1, -0.05) is 41.5 Å². The molecule has 2 amide bonds. The molecule has 0 radical (unpaired) electrons. The first kappa shape index (κ1) is 20.0. The van der Waals surface area contributed by atoms with Crippen LogP contribution in [-0.2, 0) is 9.59 Å². The summed E-state index contributed by atoms with van der Waals surface area (Å²) in [7, 11) is 0. The molecular formula is C19H36N2O2. The van der Waals surface area contributed by atoms with Crippen LogP contribution in [0.15, 0.2) is 0 Å². The topological polar surface area (TPSA) is 49.4 Å². The minimum absolute atomic E-state index is 0.0886. The van der Waals surface area contributed by atoms with Crippen molar-refractivity contribution in [2.45, 2.75) is 80.2 Å². The molecule has 1 N–H and O–H groups in total. The number of rotatable bonds is 3. The Hall–Kier alpha value is -1.06. The lowest BCUT2D eigenvalue weighted by Gasteiger charge is -2.38. The maximum Gasteiger partial charge on any atom is 0.227 e. The molecule has 0 aromatic rings. The van der Waals surface area contributed by atoms with Crippen molar-refractivity contribution < 1.29 is 9.59 Å². The molecule has 1 rings (SSSR count). The fraction of sp³-hybridized carbons (Fsp3) is 0.895. The zero-order chi connectivity index (χ0) is 18.1. The predicted molar refractivity (Wildman–Crippen MR) is 95.1 cm³/mol. The molecule has 4 heteroatoms. The monoisotopic (exact) mass is 324 g/mol. The van der Waals surface area contributed by atoms with E-state index in [2.05, 4.69) is 39.9 Å². The van der Waals surface area contributed by atoms with E-state index in [0.717, 1.165) is 25.8 Å². The minimum atomic E-state index is -0.385. The highest BCUT2D eigenvalue weighted by Gasteiger charge is 2.35. The van der Waals surface area contributed by atoms with Crippen molar-refractivity contribution in [2.24, 2.45) is 16.7 Å². The SMILES string of the molecule is CC(C)(C)CC(C)(C)NC(=O)C1CCCN(C(=O)C(C)(C)C)C1. The summed E-state index contributed by atoms with van der Waals surface area (Å²) < 4.78 is 0. The molecular weight excluding hydrogens is 288 g/mol. The maximum absolute atomic E-state index is 12.7. The summed E-state index contributed by atoms with van der Waals surface area (Å²) in [5.74, 6) is 0.143. The van der Waals surface area contributed by atoms with Crippen LogP contribution in [0.5, 0.6) is 0 Å². The Labute approximate surface area is 142 Å². The molecule has 0 aliphatic carbocycles. The van der Waals surface area contributed by atoms with Crippen LogP contribution in [0.4, 0.5) is 0 Å². The Morgan fingerprint density at radius 3 is 2.09 bits per heavy atom. The third-order valence-corrected chi connectivity index (χ3v) is 4.15. The number of nitrogens with one attached hydrogen (secondary N) is 1. The molecule has 0 bridgehead atoms. The fourth-order valence-electron chi connectivity index (χ4n) is 3.66. The van der Waals surface area contributed by atoms with Crippen molar-refractivity contribution in [2.75, 3.05) is 13.1 Å². The first-order valence-electron chi connectivity index (χ1n) is 8.83. The third-order valence-electron chi connectivity index (χ3n) is 4.15. The molecule has 134 valence electrons. The summed E-state index contributed by atoms with van der Waals surface area (Å²) >= 11 is 0. The van der Waals surface area contributed by atoms with Crippen molar-refractivity contribution in [3.05, 3.63) is 0 Å². The van der Waals surface area contributed by atoms with Gasteiger partial charge in [-0.15, -0.1) is 0 Å². The molecule has 1 heterocycles. The molecule has 1 unspecified atom stereocenters. The van der Waals surface area contributed by atoms with Gasteiger partial charge in [0.25, 0.3) is 0 Å². The standard InChI is InChI=1S/C19H36N2O2/c1-17(2,3)13-19(7,8)20-15(22)14-10-9-11-21(12-14)16(23)18(4,5)6/h14H,9-13H2,1-8H3,(H,20,22). The second-order valence-electron chi connectivity index (χ2n) is 9.95. The van der Waals surface area contributed by atoms with E-state index in [-0.39, 0.29) is 34.1 Å². The summed E-state index contributed by atoms with van der Waals surface area (Å²) in [6, 6.07) is 0. The summed E-state index contributed by atoms with van der Waals surface area (Å²) in [5.41, 5.74) is -0.451. The number of piperidine rings is 1. The maximum atomic E-state index is 12.7. The van der Waals surface area contributed by atoms with Gasteiger partial charge in [-0.2, -0.15) is 0 Å². The van der Waals surface area contributed by atoms with Gasteiger partial charge in [0.1, 0.15) is 0 Å². The molecule has 1 aliphatic rings. The quantitative estimate of drug-likeness (QED) is 0.862. The van der Waals surface area contributed by atoms with Gasteiger partial charge in [0.15, 0.2) is 0 Å². The lowest BCUT2D eigenvalue weighted by molar-refractivity contribution is -0.143. The highest BCUT2D eigenvalue weighted by Crippen LogP contribution is 2.28. The van der Waals surface area contributed by atoms with E-state index in [1.54, 1.807) is 0 Å². The normalized spacial score (nSPS) is 20.3. The number of carbonyl (C=O) groups is 2. The number of carbonyl (C=O) groups excluding carboxylic acids is 2. The second-order valence-corrected chi connectivity index (χ2v) is 9.95. The summed E-state index contributed by atoms with van der Waals surface area (Å²) in [4.78, 5) is 27.0. The van der Waals surface area contributed by atoms with Crippen LogP contribution in [0.2, 0.25) is 0 Å². The molecule has 4 nitrogen and oxygen atoms in total. The third kappa shape index (κ3) is 6.52. The minimum Gasteiger partial charge on any atom is -0.351 e. The van der Waals surface area contributed by atoms with Crippen LogP contribution in [0.25, 0.3) is 0 Å². The number of hydrogen-bond donors (Lipinski definition) is 1. The van der Waals surface area contributed by atoms with Gasteiger partial charge in [0.05, 0.1) is 5.92 Å². The molecule has 23 heavy (non-hydrogen) atoms. The van der Waals surface area contributed by atoms with E-state index < -0.39 is 0 Å². The lowest BCUT2D eigenvalue weighted by atomic mass is 9.81. The Kier molecular flexibility index (Phi) is 5.93. The van der Waals surface area contributed by atoms with Gasteiger partial charge in [-0.3, -0.25) is 9.59 Å². The van der Waals surface area contributed by atoms with E-state index in [1.165, 1.54) is 0 Å². The van der Waals surface area contributed by atoms with Crippen molar-refractivity contribution in [3.63, 3.8) is 0 Å². The number of hydrogen-bond acceptors (Lipinski definition) is 2. The zero-order valence-corrected chi connectivity index (χ0v) is 16.4. The predicted octanol–water partition coefficient (Wildman–Crippen LogP) is 3.60. The molecule has 0 saturated carbocycles. The lowest BCUT2D eigenvalue weighted by Crippen LogP contribution is -2.53. The highest BCUT2D eigenvalue weighted by molar-refractivity contribution is 5.84. The van der Waals surface area contributed by atoms with Gasteiger partial charge in [0, 0.05) is 24.0 Å². The van der Waals surface area contributed by atoms with Crippen molar-refractivity contribution in [1.82, 2.24) is 10.2 Å². The van der Waals surface area contributed by atoms with Crippen LogP contribution in [0.1, 0.15) is 74.7 Å². The van der Waals surface area contributed by atoms with E-state index in [0.29, 0.717) is 6.54 Å². The smallest absolute Gasteiger partial charge is 0.227 e. The number of nitrogens with zero attached hydrogens (tertiary/aromatic N) is 1. The van der Waals surface area contributed by atoms with E-state index in [9.17, 15) is 9.59 Å². The van der Waals surface area contributed by atoms with Gasteiger partial charge in [-0.25, -0.2) is 0 Å². The van der Waals surface area contributed by atoms with Crippen LogP contribution in [0.3, 0.4) is 0 Å². The largest absolute Gasteiger partial charge is 0.351 e. The summed E-state index contributed by atoms with van der Waals surface area (Å²) in [6.07, 6.45) is 2.69. The second kappa shape index (κ2) is 6.82. The van der Waals surface area contributed by atoms with Gasteiger partial charge in [0.2, 0.25) is 11.8 Å². The average molecular weight is 325 g/mol. The van der Waals surface area contributed by atoms with Gasteiger partial charge < -0.3 is 10.2 Å². The van der Waals surface area contributed by atoms with E-state index in [4.69, 9.17) is 0 Å². The van der Waals surface area contributed by atoms with Gasteiger partial charge in [-0.05, 0) is 38.5 Å². The van der Waals surface area contributed by atoms with Crippen molar-refractivity contribution in [1.29, 1.82) is 0 Å². The Bertz CT molecular complexity index is 441. The van der Waals surface area contributed by atoms with Crippen LogP contribution >= 0.6 is 0 Å². The summed E-state index contributed by atoms with van der Waals surface area (Å²) in [6.45, 7) is 17.8. The Balaban J connectivity index is 2.68. The Morgan fingerprint density at radius 1 is 1.04 bits per heavy atom. The average Bonchev–Trinajstić information content (AvgIpc) is 2.33. The molecule has 0 aromatic heterocycles. The van der Waals surface area contributed by atoms with Crippen LogP contribution in [-0.4, -0.2) is 35.3 Å². The van der Waals surface area contributed by atoms with Crippen molar-refractivity contribution in [3.8, 4) is 0 Å². The highest BCUT2D eigenvalue weighted by atomic mass is 16.2. The fourth-order valence-corrected chi connectivity index (χ4v) is 3.66. The van der Waals surface area contributed by atoms with E-state index in [1.807, 2.05) is 25.7 Å². The van der Waals surface area contributed by atoms with E-state index >= 15 is 0 Å². The molecule has 1 fully saturated rings.